The Morgan fingerprint density at radius 2 is 1.90 bits per heavy atom. The number of hydrogen-bond acceptors (Lipinski definition) is 2. The average Bonchev–Trinajstić information content (AvgIpc) is 2.43. The van der Waals surface area contributed by atoms with Gasteiger partial charge in [0, 0.05) is 10.0 Å². The molecule has 0 N–H and O–H groups in total. The number of methoxy groups -OCH3 is 1. The van der Waals surface area contributed by atoms with Crippen molar-refractivity contribution in [1.82, 2.24) is 0 Å². The summed E-state index contributed by atoms with van der Waals surface area (Å²) in [6, 6.07) is 7.05. The second-order valence-corrected chi connectivity index (χ2v) is 5.08. The van der Waals surface area contributed by atoms with E-state index in [1.165, 1.54) is 26.2 Å². The standard InChI is InChI=1S/C15H11BrF2O2/c1-8-3-6-12(17)13(14(8)18)15(19)10-7-9(20-2)4-5-11(10)16/h3-7H,1-2H3. The van der Waals surface area contributed by atoms with Gasteiger partial charge in [-0.25, -0.2) is 8.78 Å². The number of hydrogen-bond donors (Lipinski definition) is 0. The van der Waals surface area contributed by atoms with Gasteiger partial charge in [0.15, 0.2) is 5.78 Å². The molecule has 2 rings (SSSR count). The fourth-order valence-corrected chi connectivity index (χ4v) is 2.23. The molecule has 0 saturated heterocycles. The van der Waals surface area contributed by atoms with Crippen LogP contribution in [0.1, 0.15) is 21.5 Å². The molecule has 0 unspecified atom stereocenters. The number of ketones is 1. The molecule has 0 radical (unpaired) electrons. The van der Waals surface area contributed by atoms with Crippen LogP contribution >= 0.6 is 15.9 Å². The van der Waals surface area contributed by atoms with Gasteiger partial charge in [0.1, 0.15) is 17.4 Å². The highest BCUT2D eigenvalue weighted by Crippen LogP contribution is 2.27. The lowest BCUT2D eigenvalue weighted by molar-refractivity contribution is 0.103. The van der Waals surface area contributed by atoms with Gasteiger partial charge in [0.05, 0.1) is 12.7 Å². The van der Waals surface area contributed by atoms with Crippen molar-refractivity contribution in [3.05, 3.63) is 63.1 Å². The first-order valence-electron chi connectivity index (χ1n) is 5.78. The fraction of sp³-hybridized carbons (Fsp3) is 0.133. The third kappa shape index (κ3) is 2.58. The van der Waals surface area contributed by atoms with Crippen LogP contribution in [-0.2, 0) is 0 Å². The fourth-order valence-electron chi connectivity index (χ4n) is 1.80. The highest BCUT2D eigenvalue weighted by molar-refractivity contribution is 9.10. The Balaban J connectivity index is 2.60. The van der Waals surface area contributed by atoms with E-state index in [0.29, 0.717) is 10.2 Å². The van der Waals surface area contributed by atoms with E-state index in [9.17, 15) is 13.6 Å². The number of rotatable bonds is 3. The van der Waals surface area contributed by atoms with Crippen molar-refractivity contribution in [1.29, 1.82) is 0 Å². The Labute approximate surface area is 123 Å². The second-order valence-electron chi connectivity index (χ2n) is 4.23. The molecule has 0 atom stereocenters. The van der Waals surface area contributed by atoms with E-state index in [0.717, 1.165) is 6.07 Å². The van der Waals surface area contributed by atoms with Crippen LogP contribution in [0.15, 0.2) is 34.8 Å². The molecule has 0 fully saturated rings. The predicted octanol–water partition coefficient (Wildman–Crippen LogP) is 4.28. The van der Waals surface area contributed by atoms with Gasteiger partial charge in [0.25, 0.3) is 0 Å². The van der Waals surface area contributed by atoms with Gasteiger partial charge in [-0.05, 0) is 36.8 Å². The number of carbonyl (C=O) groups excluding carboxylic acids is 1. The van der Waals surface area contributed by atoms with Crippen LogP contribution in [0.4, 0.5) is 8.78 Å². The van der Waals surface area contributed by atoms with Crippen LogP contribution in [0.5, 0.6) is 5.75 Å². The molecule has 0 aromatic heterocycles. The smallest absolute Gasteiger partial charge is 0.200 e. The van der Waals surface area contributed by atoms with E-state index in [2.05, 4.69) is 15.9 Å². The third-order valence-electron chi connectivity index (χ3n) is 2.93. The zero-order chi connectivity index (χ0) is 14.9. The van der Waals surface area contributed by atoms with Gasteiger partial charge in [-0.3, -0.25) is 4.79 Å². The van der Waals surface area contributed by atoms with E-state index in [4.69, 9.17) is 4.74 Å². The molecule has 0 aliphatic heterocycles. The summed E-state index contributed by atoms with van der Waals surface area (Å²) < 4.78 is 33.2. The van der Waals surface area contributed by atoms with Gasteiger partial charge in [-0.1, -0.05) is 22.0 Å². The first-order valence-corrected chi connectivity index (χ1v) is 6.58. The molecular weight excluding hydrogens is 330 g/mol. The maximum atomic E-state index is 14.0. The van der Waals surface area contributed by atoms with Crippen LogP contribution in [0, 0.1) is 18.6 Å². The molecule has 0 spiro atoms. The monoisotopic (exact) mass is 340 g/mol. The van der Waals surface area contributed by atoms with Crippen molar-refractivity contribution in [3.63, 3.8) is 0 Å². The molecule has 0 aliphatic carbocycles. The molecule has 104 valence electrons. The van der Waals surface area contributed by atoms with E-state index in [1.807, 2.05) is 0 Å². The van der Waals surface area contributed by atoms with Gasteiger partial charge in [0.2, 0.25) is 0 Å². The summed E-state index contributed by atoms with van der Waals surface area (Å²) in [5.41, 5.74) is -0.194. The summed E-state index contributed by atoms with van der Waals surface area (Å²) in [5, 5.41) is 0. The number of carbonyl (C=O) groups is 1. The summed E-state index contributed by atoms with van der Waals surface area (Å²) in [7, 11) is 1.45. The summed E-state index contributed by atoms with van der Waals surface area (Å²) >= 11 is 3.20. The Morgan fingerprint density at radius 1 is 1.20 bits per heavy atom. The lowest BCUT2D eigenvalue weighted by Gasteiger charge is -2.09. The zero-order valence-corrected chi connectivity index (χ0v) is 12.4. The van der Waals surface area contributed by atoms with Crippen LogP contribution < -0.4 is 4.74 Å². The Bertz CT molecular complexity index is 684. The summed E-state index contributed by atoms with van der Waals surface area (Å²) in [5.74, 6) is -2.02. The molecule has 20 heavy (non-hydrogen) atoms. The number of ether oxygens (including phenoxy) is 1. The molecule has 0 heterocycles. The average molecular weight is 341 g/mol. The molecule has 0 amide bonds. The van der Waals surface area contributed by atoms with Gasteiger partial charge in [-0.2, -0.15) is 0 Å². The minimum Gasteiger partial charge on any atom is -0.497 e. The van der Waals surface area contributed by atoms with Crippen molar-refractivity contribution in [3.8, 4) is 5.75 Å². The maximum absolute atomic E-state index is 14.0. The molecule has 0 aliphatic rings. The Kier molecular flexibility index (Phi) is 4.18. The normalized spacial score (nSPS) is 10.4. The van der Waals surface area contributed by atoms with Gasteiger partial charge < -0.3 is 4.74 Å². The van der Waals surface area contributed by atoms with Gasteiger partial charge in [-0.15, -0.1) is 0 Å². The van der Waals surface area contributed by atoms with E-state index in [1.54, 1.807) is 12.1 Å². The van der Waals surface area contributed by atoms with Crippen LogP contribution in [0.2, 0.25) is 0 Å². The van der Waals surface area contributed by atoms with Crippen molar-refractivity contribution in [2.24, 2.45) is 0 Å². The quantitative estimate of drug-likeness (QED) is 0.779. The van der Waals surface area contributed by atoms with Crippen LogP contribution in [0.25, 0.3) is 0 Å². The van der Waals surface area contributed by atoms with E-state index >= 15 is 0 Å². The highest BCUT2D eigenvalue weighted by atomic mass is 79.9. The molecule has 0 saturated carbocycles. The minimum absolute atomic E-state index is 0.146. The van der Waals surface area contributed by atoms with Crippen molar-refractivity contribution in [2.45, 2.75) is 6.92 Å². The highest BCUT2D eigenvalue weighted by Gasteiger charge is 2.22. The second kappa shape index (κ2) is 5.71. The number of halogens is 3. The number of aryl methyl sites for hydroxylation is 1. The molecule has 5 heteroatoms. The van der Waals surface area contributed by atoms with Crippen molar-refractivity contribution in [2.75, 3.05) is 7.11 Å². The summed E-state index contributed by atoms with van der Waals surface area (Å²) in [6.45, 7) is 1.48. The first kappa shape index (κ1) is 14.7. The third-order valence-corrected chi connectivity index (χ3v) is 3.62. The first-order chi connectivity index (χ1) is 9.45. The van der Waals surface area contributed by atoms with Crippen LogP contribution in [0.3, 0.4) is 0 Å². The molecule has 2 nitrogen and oxygen atoms in total. The topological polar surface area (TPSA) is 26.3 Å². The maximum Gasteiger partial charge on any atom is 0.200 e. The Hall–Kier alpha value is -1.75. The molecule has 2 aromatic carbocycles. The lowest BCUT2D eigenvalue weighted by atomic mass is 10.00. The molecule has 2 aromatic rings. The molecule has 0 bridgehead atoms. The predicted molar refractivity (Wildman–Crippen MR) is 75.2 cm³/mol. The minimum atomic E-state index is -0.882. The van der Waals surface area contributed by atoms with E-state index < -0.39 is 23.0 Å². The molecular formula is C15H11BrF2O2. The largest absolute Gasteiger partial charge is 0.497 e. The lowest BCUT2D eigenvalue weighted by Crippen LogP contribution is -2.09. The summed E-state index contributed by atoms with van der Waals surface area (Å²) in [6.07, 6.45) is 0. The Morgan fingerprint density at radius 3 is 2.55 bits per heavy atom. The number of benzene rings is 2. The van der Waals surface area contributed by atoms with E-state index in [-0.39, 0.29) is 11.1 Å². The van der Waals surface area contributed by atoms with Crippen LogP contribution in [-0.4, -0.2) is 12.9 Å². The summed E-state index contributed by atoms with van der Waals surface area (Å²) in [4.78, 5) is 12.4. The van der Waals surface area contributed by atoms with Gasteiger partial charge >= 0.3 is 0 Å². The zero-order valence-electron chi connectivity index (χ0n) is 10.8. The SMILES string of the molecule is COc1ccc(Br)c(C(=O)c2c(F)ccc(C)c2F)c1. The van der Waals surface area contributed by atoms with Crippen molar-refractivity contribution < 1.29 is 18.3 Å². The van der Waals surface area contributed by atoms with Crippen molar-refractivity contribution >= 4 is 21.7 Å².